The van der Waals surface area contributed by atoms with Crippen molar-refractivity contribution >= 4 is 57.3 Å². The van der Waals surface area contributed by atoms with Gasteiger partial charge in [0, 0.05) is 23.9 Å². The lowest BCUT2D eigenvalue weighted by molar-refractivity contribution is -0.148. The molecule has 0 bridgehead atoms. The van der Waals surface area contributed by atoms with Gasteiger partial charge in [0.1, 0.15) is 22.8 Å². The maximum atomic E-state index is 12.8. The van der Waals surface area contributed by atoms with Crippen molar-refractivity contribution in [1.29, 1.82) is 0 Å². The lowest BCUT2D eigenvalue weighted by atomic mass is 10.0. The Kier molecular flexibility index (Phi) is 15.6. The standard InChI is InChI=1S/C32H46N4O8S2/c1-9-41-27(37)23(15-21-11-13-25(33-17-21)35-29(39)43-31(3,4)5)19-45-46-20-24(28(38)42-10-2)16-22-12-14-26(34-18-22)36-30(40)44-32(6,7)8/h11-14,17-18,23-24H,9-10,15-16,19-20H2,1-8H3,(H,33,35,39)(H,34,36,40). The number of rotatable bonds is 15. The van der Waals surface area contributed by atoms with Crippen molar-refractivity contribution in [2.24, 2.45) is 11.8 Å². The third kappa shape index (κ3) is 15.7. The summed E-state index contributed by atoms with van der Waals surface area (Å²) in [5.41, 5.74) is 0.349. The van der Waals surface area contributed by atoms with Gasteiger partial charge >= 0.3 is 24.1 Å². The van der Waals surface area contributed by atoms with E-state index in [0.717, 1.165) is 11.1 Å². The molecule has 2 aromatic heterocycles. The first-order valence-corrected chi connectivity index (χ1v) is 17.5. The summed E-state index contributed by atoms with van der Waals surface area (Å²) in [6.45, 7) is 14.7. The normalized spacial score (nSPS) is 12.8. The van der Waals surface area contributed by atoms with E-state index < -0.39 is 35.2 Å². The topological polar surface area (TPSA) is 155 Å². The van der Waals surface area contributed by atoms with Gasteiger partial charge in [-0.25, -0.2) is 19.6 Å². The molecule has 2 N–H and O–H groups in total. The quantitative estimate of drug-likeness (QED) is 0.0892. The molecule has 2 amide bonds. The second kappa shape index (κ2) is 18.6. The molecule has 2 aromatic rings. The molecule has 0 saturated heterocycles. The number of ether oxygens (including phenoxy) is 4. The van der Waals surface area contributed by atoms with Gasteiger partial charge in [0.2, 0.25) is 0 Å². The van der Waals surface area contributed by atoms with E-state index in [-0.39, 0.29) is 25.2 Å². The highest BCUT2D eigenvalue weighted by Gasteiger charge is 2.24. The third-order valence-corrected chi connectivity index (χ3v) is 8.29. The minimum absolute atomic E-state index is 0.259. The highest BCUT2D eigenvalue weighted by Crippen LogP contribution is 2.30. The maximum Gasteiger partial charge on any atom is 0.413 e. The first-order valence-electron chi connectivity index (χ1n) is 15.1. The zero-order valence-electron chi connectivity index (χ0n) is 27.8. The summed E-state index contributed by atoms with van der Waals surface area (Å²) in [5.74, 6) is 0.0415. The number of amides is 2. The zero-order chi connectivity index (χ0) is 34.3. The Hall–Kier alpha value is -3.52. The molecule has 0 saturated carbocycles. The first-order chi connectivity index (χ1) is 21.6. The molecule has 0 fully saturated rings. The van der Waals surface area contributed by atoms with Crippen LogP contribution in [0.4, 0.5) is 21.2 Å². The van der Waals surface area contributed by atoms with E-state index in [4.69, 9.17) is 18.9 Å². The van der Waals surface area contributed by atoms with Gasteiger partial charge < -0.3 is 18.9 Å². The number of hydrogen-bond acceptors (Lipinski definition) is 12. The highest BCUT2D eigenvalue weighted by atomic mass is 33.1. The molecule has 0 radical (unpaired) electrons. The van der Waals surface area contributed by atoms with Crippen LogP contribution in [-0.2, 0) is 41.4 Å². The van der Waals surface area contributed by atoms with Crippen molar-refractivity contribution in [2.45, 2.75) is 79.4 Å². The Labute approximate surface area is 279 Å². The van der Waals surface area contributed by atoms with Crippen molar-refractivity contribution in [3.63, 3.8) is 0 Å². The maximum absolute atomic E-state index is 12.8. The fourth-order valence-electron chi connectivity index (χ4n) is 3.83. The van der Waals surface area contributed by atoms with E-state index in [9.17, 15) is 19.2 Å². The zero-order valence-corrected chi connectivity index (χ0v) is 29.5. The SMILES string of the molecule is CCOC(=O)C(CSSCC(Cc1ccc(NC(=O)OC(C)(C)C)nc1)C(=O)OCC)Cc1ccc(NC(=O)OC(C)(C)C)nc1. The summed E-state index contributed by atoms with van der Waals surface area (Å²) in [7, 11) is 2.95. The molecule has 2 atom stereocenters. The molecule has 0 spiro atoms. The predicted octanol–water partition coefficient (Wildman–Crippen LogP) is 6.70. The number of hydrogen-bond donors (Lipinski definition) is 2. The Morgan fingerprint density at radius 3 is 1.33 bits per heavy atom. The number of pyridine rings is 2. The van der Waals surface area contributed by atoms with E-state index in [1.807, 2.05) is 0 Å². The number of anilines is 2. The summed E-state index contributed by atoms with van der Waals surface area (Å²) in [6, 6.07) is 6.90. The Morgan fingerprint density at radius 1 is 0.674 bits per heavy atom. The van der Waals surface area contributed by atoms with E-state index in [0.29, 0.717) is 36.0 Å². The minimum atomic E-state index is -0.631. The number of carbonyl (C=O) groups excluding carboxylic acids is 4. The van der Waals surface area contributed by atoms with Crippen molar-refractivity contribution in [3.05, 3.63) is 47.8 Å². The smallest absolute Gasteiger partial charge is 0.413 e. The fourth-order valence-corrected chi connectivity index (χ4v) is 6.42. The van der Waals surface area contributed by atoms with Crippen molar-refractivity contribution in [3.8, 4) is 0 Å². The molecule has 14 heteroatoms. The van der Waals surface area contributed by atoms with E-state index >= 15 is 0 Å². The van der Waals surface area contributed by atoms with Gasteiger partial charge in [-0.2, -0.15) is 0 Å². The van der Waals surface area contributed by atoms with Gasteiger partial charge in [0.15, 0.2) is 0 Å². The van der Waals surface area contributed by atoms with Gasteiger partial charge in [-0.3, -0.25) is 20.2 Å². The summed E-state index contributed by atoms with van der Waals surface area (Å²) >= 11 is 0. The minimum Gasteiger partial charge on any atom is -0.466 e. The van der Waals surface area contributed by atoms with Crippen LogP contribution in [0.2, 0.25) is 0 Å². The molecule has 2 rings (SSSR count). The van der Waals surface area contributed by atoms with Gasteiger partial charge in [0.25, 0.3) is 0 Å². The van der Waals surface area contributed by atoms with Crippen molar-refractivity contribution in [1.82, 2.24) is 9.97 Å². The molecular weight excluding hydrogens is 633 g/mol. The van der Waals surface area contributed by atoms with Crippen LogP contribution in [0.1, 0.15) is 66.5 Å². The number of esters is 2. The molecule has 12 nitrogen and oxygen atoms in total. The lowest BCUT2D eigenvalue weighted by Crippen LogP contribution is -2.27. The van der Waals surface area contributed by atoms with Crippen LogP contribution >= 0.6 is 21.6 Å². The molecule has 0 aromatic carbocycles. The summed E-state index contributed by atoms with van der Waals surface area (Å²) in [5, 5.41) is 5.18. The number of nitrogens with zero attached hydrogens (tertiary/aromatic N) is 2. The van der Waals surface area contributed by atoms with Crippen LogP contribution in [0.3, 0.4) is 0 Å². The monoisotopic (exact) mass is 678 g/mol. The van der Waals surface area contributed by atoms with E-state index in [1.165, 1.54) is 21.6 Å². The average molecular weight is 679 g/mol. The van der Waals surface area contributed by atoms with Gasteiger partial charge in [-0.1, -0.05) is 33.7 Å². The van der Waals surface area contributed by atoms with E-state index in [2.05, 4.69) is 20.6 Å². The van der Waals surface area contributed by atoms with Gasteiger partial charge in [-0.15, -0.1) is 0 Å². The van der Waals surface area contributed by atoms with Crippen LogP contribution < -0.4 is 10.6 Å². The van der Waals surface area contributed by atoms with Crippen LogP contribution in [0.5, 0.6) is 0 Å². The molecule has 254 valence electrons. The Balaban J connectivity index is 1.97. The van der Waals surface area contributed by atoms with Crippen LogP contribution in [0.15, 0.2) is 36.7 Å². The summed E-state index contributed by atoms with van der Waals surface area (Å²) in [6.07, 6.45) is 2.79. The first kappa shape index (κ1) is 38.7. The molecular formula is C32H46N4O8S2. The van der Waals surface area contributed by atoms with Crippen LogP contribution in [0, 0.1) is 11.8 Å². The Morgan fingerprint density at radius 2 is 1.04 bits per heavy atom. The number of aromatic nitrogens is 2. The largest absolute Gasteiger partial charge is 0.466 e. The molecule has 0 aliphatic heterocycles. The van der Waals surface area contributed by atoms with E-state index in [1.54, 1.807) is 92.0 Å². The van der Waals surface area contributed by atoms with Crippen molar-refractivity contribution in [2.75, 3.05) is 35.4 Å². The average Bonchev–Trinajstić information content (AvgIpc) is 2.94. The molecule has 2 heterocycles. The predicted molar refractivity (Wildman–Crippen MR) is 181 cm³/mol. The fraction of sp³-hybridized carbons (Fsp3) is 0.562. The molecule has 2 unspecified atom stereocenters. The summed E-state index contributed by atoms with van der Waals surface area (Å²) in [4.78, 5) is 58.1. The second-order valence-electron chi connectivity index (χ2n) is 12.2. The Bertz CT molecular complexity index is 1180. The number of nitrogens with one attached hydrogen (secondary N) is 2. The van der Waals surface area contributed by atoms with Crippen molar-refractivity contribution < 1.29 is 38.1 Å². The molecule has 0 aliphatic rings. The van der Waals surface area contributed by atoms with Crippen LogP contribution in [-0.4, -0.2) is 70.0 Å². The van der Waals surface area contributed by atoms with Gasteiger partial charge in [0.05, 0.1) is 25.0 Å². The second-order valence-corrected chi connectivity index (χ2v) is 14.8. The lowest BCUT2D eigenvalue weighted by Gasteiger charge is -2.19. The highest BCUT2D eigenvalue weighted by molar-refractivity contribution is 8.76. The summed E-state index contributed by atoms with van der Waals surface area (Å²) < 4.78 is 21.1. The number of carbonyl (C=O) groups is 4. The third-order valence-electron chi connectivity index (χ3n) is 5.73. The van der Waals surface area contributed by atoms with Crippen LogP contribution in [0.25, 0.3) is 0 Å². The molecule has 46 heavy (non-hydrogen) atoms. The molecule has 0 aliphatic carbocycles. The van der Waals surface area contributed by atoms with Gasteiger partial charge in [-0.05, 0) is 91.5 Å².